The van der Waals surface area contributed by atoms with Gasteiger partial charge in [0.25, 0.3) is 5.91 Å². The van der Waals surface area contributed by atoms with Gasteiger partial charge >= 0.3 is 0 Å². The number of hydrogen-bond donors (Lipinski definition) is 3. The number of nitriles is 1. The lowest BCUT2D eigenvalue weighted by Crippen LogP contribution is -2.45. The summed E-state index contributed by atoms with van der Waals surface area (Å²) in [6, 6.07) is 7.97. The molecule has 0 bridgehead atoms. The number of halogens is 1. The Labute approximate surface area is 195 Å². The number of nitrogens with one attached hydrogen (secondary N) is 2. The minimum absolute atomic E-state index is 0.0392. The number of piperidine rings is 1. The number of amidine groups is 1. The molecule has 4 N–H and O–H groups in total. The number of nitrogens with two attached hydrogens (primary N) is 1. The van der Waals surface area contributed by atoms with Crippen LogP contribution < -0.4 is 11.1 Å². The van der Waals surface area contributed by atoms with Gasteiger partial charge in [0.15, 0.2) is 5.84 Å². The van der Waals surface area contributed by atoms with E-state index in [2.05, 4.69) is 10.3 Å². The van der Waals surface area contributed by atoms with Crippen LogP contribution in [0.2, 0.25) is 0 Å². The van der Waals surface area contributed by atoms with E-state index >= 15 is 0 Å². The van der Waals surface area contributed by atoms with Crippen LogP contribution in [0, 0.1) is 22.6 Å². The summed E-state index contributed by atoms with van der Waals surface area (Å²) in [6.45, 7) is 1.15. The van der Waals surface area contributed by atoms with Crippen LogP contribution in [0.3, 0.4) is 0 Å². The second-order valence-corrected chi connectivity index (χ2v) is 8.96. The molecule has 1 saturated heterocycles. The Kier molecular flexibility index (Phi) is 6.49. The number of carbonyl (C=O) groups excluding carboxylic acids is 1. The van der Waals surface area contributed by atoms with Crippen molar-refractivity contribution < 1.29 is 9.18 Å². The summed E-state index contributed by atoms with van der Waals surface area (Å²) in [5.74, 6) is -0.607. The first kappa shape index (κ1) is 22.6. The fourth-order valence-electron chi connectivity index (χ4n) is 3.92. The van der Waals surface area contributed by atoms with Gasteiger partial charge in [-0.2, -0.15) is 5.26 Å². The molecular weight excluding hydrogens is 439 g/mol. The largest absolute Gasteiger partial charge is 0.393 e. The van der Waals surface area contributed by atoms with Crippen molar-refractivity contribution in [2.75, 3.05) is 20.1 Å². The molecule has 0 aliphatic carbocycles. The quantitative estimate of drug-likeness (QED) is 0.644. The van der Waals surface area contributed by atoms with Crippen molar-refractivity contribution in [3.8, 4) is 17.2 Å². The van der Waals surface area contributed by atoms with Crippen molar-refractivity contribution in [1.82, 2.24) is 10.2 Å². The Bertz CT molecular complexity index is 1250. The van der Waals surface area contributed by atoms with Gasteiger partial charge in [-0.25, -0.2) is 9.38 Å². The second kappa shape index (κ2) is 9.48. The zero-order chi connectivity index (χ0) is 23.5. The average Bonchev–Trinajstić information content (AvgIpc) is 3.25. The Morgan fingerprint density at radius 2 is 2.27 bits per heavy atom. The first-order valence-corrected chi connectivity index (χ1v) is 11.3. The molecule has 9 heteroatoms. The highest BCUT2D eigenvalue weighted by molar-refractivity contribution is 7.16. The molecule has 1 aromatic carbocycles. The zero-order valence-electron chi connectivity index (χ0n) is 18.1. The number of amides is 1. The SMILES string of the molecule is CN/C=C1/C=C(c2sc(C(=O)N3CCCC(N)C3)cc2-c2ccc(C#N)c(F)c2)C=NC1=N. The highest BCUT2D eigenvalue weighted by Gasteiger charge is 2.26. The molecule has 1 unspecified atom stereocenters. The van der Waals surface area contributed by atoms with E-state index in [-0.39, 0.29) is 23.3 Å². The molecular formula is C24H23FN6OS. The second-order valence-electron chi connectivity index (χ2n) is 7.91. The first-order chi connectivity index (χ1) is 15.9. The standard InChI is InChI=1S/C24H23FN6OS/c1-29-11-17-7-16(12-30-23(17)28)22-19(14-4-5-15(10-26)20(25)8-14)9-21(33-22)24(32)31-6-2-3-18(27)13-31/h4-5,7-9,11-12,18,28-29H,2-3,6,13,27H2,1H3/b17-11-,28-23?. The van der Waals surface area contributed by atoms with Gasteiger partial charge in [0, 0.05) is 60.2 Å². The van der Waals surface area contributed by atoms with Crippen LogP contribution in [0.4, 0.5) is 4.39 Å². The van der Waals surface area contributed by atoms with Crippen LogP contribution in [0.5, 0.6) is 0 Å². The van der Waals surface area contributed by atoms with Gasteiger partial charge < -0.3 is 16.0 Å². The summed E-state index contributed by atoms with van der Waals surface area (Å²) < 4.78 is 14.4. The van der Waals surface area contributed by atoms with E-state index in [4.69, 9.17) is 16.4 Å². The van der Waals surface area contributed by atoms with Crippen molar-refractivity contribution in [1.29, 1.82) is 10.7 Å². The van der Waals surface area contributed by atoms with Gasteiger partial charge in [-0.05, 0) is 42.7 Å². The predicted molar refractivity (Wildman–Crippen MR) is 129 cm³/mol. The maximum Gasteiger partial charge on any atom is 0.264 e. The molecule has 33 heavy (non-hydrogen) atoms. The molecule has 0 saturated carbocycles. The minimum Gasteiger partial charge on any atom is -0.393 e. The van der Waals surface area contributed by atoms with Crippen LogP contribution in [0.25, 0.3) is 16.7 Å². The molecule has 2 aliphatic rings. The van der Waals surface area contributed by atoms with Crippen LogP contribution >= 0.6 is 11.3 Å². The molecule has 1 amide bonds. The Balaban J connectivity index is 1.81. The number of dihydropyridines is 1. The maximum atomic E-state index is 14.4. The maximum absolute atomic E-state index is 14.4. The zero-order valence-corrected chi connectivity index (χ0v) is 18.9. The third kappa shape index (κ3) is 4.62. The van der Waals surface area contributed by atoms with Crippen LogP contribution in [-0.2, 0) is 0 Å². The van der Waals surface area contributed by atoms with Gasteiger partial charge in [0.2, 0.25) is 0 Å². The summed E-state index contributed by atoms with van der Waals surface area (Å²) in [7, 11) is 1.74. The minimum atomic E-state index is -0.620. The van der Waals surface area contributed by atoms with Crippen molar-refractivity contribution in [2.24, 2.45) is 10.7 Å². The molecule has 2 aromatic rings. The third-order valence-corrected chi connectivity index (χ3v) is 6.74. The van der Waals surface area contributed by atoms with E-state index in [9.17, 15) is 9.18 Å². The Hall–Kier alpha value is -3.61. The summed E-state index contributed by atoms with van der Waals surface area (Å²) >= 11 is 1.30. The molecule has 1 fully saturated rings. The van der Waals surface area contributed by atoms with Gasteiger partial charge in [0.1, 0.15) is 11.9 Å². The Morgan fingerprint density at radius 3 is 2.97 bits per heavy atom. The highest BCUT2D eigenvalue weighted by atomic mass is 32.1. The lowest BCUT2D eigenvalue weighted by atomic mass is 9.99. The van der Waals surface area contributed by atoms with Crippen LogP contribution in [0.15, 0.2) is 47.1 Å². The number of nitrogens with zero attached hydrogens (tertiary/aromatic N) is 3. The molecule has 1 atom stereocenters. The predicted octanol–water partition coefficient (Wildman–Crippen LogP) is 3.54. The topological polar surface area (TPSA) is 118 Å². The highest BCUT2D eigenvalue weighted by Crippen LogP contribution is 2.38. The Morgan fingerprint density at radius 1 is 1.45 bits per heavy atom. The first-order valence-electron chi connectivity index (χ1n) is 10.5. The normalized spacial score (nSPS) is 19.4. The van der Waals surface area contributed by atoms with E-state index in [0.717, 1.165) is 17.7 Å². The van der Waals surface area contributed by atoms with Gasteiger partial charge in [-0.15, -0.1) is 11.3 Å². The van der Waals surface area contributed by atoms with Crippen molar-refractivity contribution in [2.45, 2.75) is 18.9 Å². The van der Waals surface area contributed by atoms with E-state index in [0.29, 0.717) is 40.2 Å². The lowest BCUT2D eigenvalue weighted by molar-refractivity contribution is 0.0714. The van der Waals surface area contributed by atoms with Gasteiger partial charge in [-0.1, -0.05) is 6.07 Å². The van der Waals surface area contributed by atoms with Crippen LogP contribution in [-0.4, -0.2) is 49.0 Å². The lowest BCUT2D eigenvalue weighted by Gasteiger charge is -2.30. The number of rotatable bonds is 4. The molecule has 0 spiro atoms. The number of allylic oxidation sites excluding steroid dienone is 1. The molecule has 168 valence electrons. The van der Waals surface area contributed by atoms with Crippen molar-refractivity contribution in [3.05, 3.63) is 63.2 Å². The monoisotopic (exact) mass is 462 g/mol. The fourth-order valence-corrected chi connectivity index (χ4v) is 5.05. The molecule has 3 heterocycles. The number of benzene rings is 1. The summed E-state index contributed by atoms with van der Waals surface area (Å²) in [5, 5.41) is 20.0. The fraction of sp³-hybridized carbons (Fsp3) is 0.250. The van der Waals surface area contributed by atoms with Crippen LogP contribution in [0.1, 0.15) is 33.0 Å². The van der Waals surface area contributed by atoms with E-state index in [1.807, 2.05) is 12.1 Å². The number of thiophene rings is 1. The van der Waals surface area contributed by atoms with Crippen molar-refractivity contribution >= 4 is 34.9 Å². The number of likely N-dealkylation sites (tertiary alicyclic amines) is 1. The molecule has 1 aromatic heterocycles. The molecule has 2 aliphatic heterocycles. The van der Waals surface area contributed by atoms with Gasteiger partial charge in [0.05, 0.1) is 10.4 Å². The summed E-state index contributed by atoms with van der Waals surface area (Å²) in [4.78, 5) is 20.5. The van der Waals surface area contributed by atoms with E-state index in [1.165, 1.54) is 23.5 Å². The molecule has 7 nitrogen and oxygen atoms in total. The summed E-state index contributed by atoms with van der Waals surface area (Å²) in [5.41, 5.74) is 8.56. The van der Waals surface area contributed by atoms with Crippen molar-refractivity contribution in [3.63, 3.8) is 0 Å². The molecule has 0 radical (unpaired) electrons. The molecule has 4 rings (SSSR count). The third-order valence-electron chi connectivity index (χ3n) is 5.57. The van der Waals surface area contributed by atoms with E-state index in [1.54, 1.807) is 36.5 Å². The number of aliphatic imine (C=N–C) groups is 1. The smallest absolute Gasteiger partial charge is 0.264 e. The number of hydrogen-bond acceptors (Lipinski definition) is 6. The number of carbonyl (C=O) groups is 1. The van der Waals surface area contributed by atoms with Gasteiger partial charge in [-0.3, -0.25) is 10.2 Å². The average molecular weight is 463 g/mol. The van der Waals surface area contributed by atoms with E-state index < -0.39 is 5.82 Å². The summed E-state index contributed by atoms with van der Waals surface area (Å²) in [6.07, 6.45) is 6.82.